The Bertz CT molecular complexity index is 445. The molecular weight excluding hydrogens is 294 g/mol. The van der Waals surface area contributed by atoms with Crippen LogP contribution in [0.25, 0.3) is 0 Å². The molecule has 2 unspecified atom stereocenters. The van der Waals surface area contributed by atoms with Gasteiger partial charge in [0, 0.05) is 0 Å². The van der Waals surface area contributed by atoms with Gasteiger partial charge < -0.3 is 5.21 Å². The zero-order valence-corrected chi connectivity index (χ0v) is 12.9. The van der Waals surface area contributed by atoms with Gasteiger partial charge in [0.05, 0.1) is 10.5 Å². The molecule has 0 aliphatic carbocycles. The van der Waals surface area contributed by atoms with E-state index in [4.69, 9.17) is 9.76 Å². The van der Waals surface area contributed by atoms with Crippen molar-refractivity contribution in [3.63, 3.8) is 0 Å². The smallest absolute Gasteiger partial charge is 0.267 e. The van der Waals surface area contributed by atoms with Gasteiger partial charge in [0.2, 0.25) is 10.0 Å². The molecule has 0 radical (unpaired) electrons. The van der Waals surface area contributed by atoms with Crippen LogP contribution in [0.5, 0.6) is 0 Å². The highest BCUT2D eigenvalue weighted by Gasteiger charge is 2.25. The monoisotopic (exact) mass is 317 g/mol. The number of hydrogen-bond acceptors (Lipinski definition) is 5. The average molecular weight is 317 g/mol. The average Bonchev–Trinajstić information content (AvgIpc) is 2.31. The number of rotatable bonds is 10. The molecule has 7 nitrogen and oxygen atoms in total. The standard InChI is InChI=1S/C10H23NO6S2/c1-3-6-10(18(13,14)11-12)8-5-7-9(4-2)19(15,16)17/h9-12H,3-8H2,1-2H3,(H,15,16,17). The minimum absolute atomic E-state index is 0.205. The second-order valence-electron chi connectivity index (χ2n) is 4.52. The third-order valence-corrected chi connectivity index (χ3v) is 6.12. The summed E-state index contributed by atoms with van der Waals surface area (Å²) < 4.78 is 54.0. The van der Waals surface area contributed by atoms with E-state index in [0.717, 1.165) is 0 Å². The Morgan fingerprint density at radius 2 is 1.53 bits per heavy atom. The molecule has 0 aromatic rings. The molecule has 116 valence electrons. The van der Waals surface area contributed by atoms with Crippen LogP contribution in [0.3, 0.4) is 0 Å². The summed E-state index contributed by atoms with van der Waals surface area (Å²) in [6, 6.07) is 0. The molecule has 0 heterocycles. The van der Waals surface area contributed by atoms with Gasteiger partial charge in [0.15, 0.2) is 0 Å². The fourth-order valence-electron chi connectivity index (χ4n) is 1.99. The van der Waals surface area contributed by atoms with Gasteiger partial charge in [-0.15, -0.1) is 0 Å². The lowest BCUT2D eigenvalue weighted by atomic mass is 10.1. The summed E-state index contributed by atoms with van der Waals surface area (Å²) in [4.78, 5) is 1.31. The Kier molecular flexibility index (Phi) is 8.06. The first-order valence-corrected chi connectivity index (χ1v) is 9.35. The van der Waals surface area contributed by atoms with Gasteiger partial charge in [-0.05, 0) is 25.7 Å². The van der Waals surface area contributed by atoms with Gasteiger partial charge in [-0.2, -0.15) is 8.42 Å². The van der Waals surface area contributed by atoms with Crippen molar-refractivity contribution in [1.82, 2.24) is 4.89 Å². The van der Waals surface area contributed by atoms with E-state index in [1.165, 1.54) is 4.89 Å². The fraction of sp³-hybridized carbons (Fsp3) is 1.00. The van der Waals surface area contributed by atoms with Crippen molar-refractivity contribution in [2.24, 2.45) is 0 Å². The first kappa shape index (κ1) is 18.8. The van der Waals surface area contributed by atoms with Crippen molar-refractivity contribution >= 4 is 20.1 Å². The molecule has 0 fully saturated rings. The van der Waals surface area contributed by atoms with Crippen LogP contribution in [-0.4, -0.2) is 37.1 Å². The minimum atomic E-state index is -4.08. The van der Waals surface area contributed by atoms with E-state index in [9.17, 15) is 16.8 Å². The van der Waals surface area contributed by atoms with Gasteiger partial charge in [-0.25, -0.2) is 8.42 Å². The highest BCUT2D eigenvalue weighted by molar-refractivity contribution is 7.89. The van der Waals surface area contributed by atoms with E-state index < -0.39 is 30.6 Å². The second kappa shape index (κ2) is 8.15. The van der Waals surface area contributed by atoms with E-state index in [0.29, 0.717) is 19.3 Å². The van der Waals surface area contributed by atoms with Crippen LogP contribution in [0.2, 0.25) is 0 Å². The topological polar surface area (TPSA) is 121 Å². The highest BCUT2D eigenvalue weighted by atomic mass is 32.2. The molecule has 0 bridgehead atoms. The third kappa shape index (κ3) is 6.66. The molecule has 0 amide bonds. The van der Waals surface area contributed by atoms with Crippen molar-refractivity contribution < 1.29 is 26.6 Å². The zero-order chi connectivity index (χ0) is 15.1. The molecule has 0 rings (SSSR count). The molecule has 0 aromatic heterocycles. The van der Waals surface area contributed by atoms with Gasteiger partial charge in [-0.1, -0.05) is 31.6 Å². The SMILES string of the molecule is CCCC(CCCC(CC)S(=O)(=O)O)S(=O)(=O)NO. The molecule has 0 aliphatic heterocycles. The number of sulfonamides is 1. The summed E-state index contributed by atoms with van der Waals surface area (Å²) in [5.41, 5.74) is 0. The number of nitrogens with one attached hydrogen (secondary N) is 1. The van der Waals surface area contributed by atoms with Crippen molar-refractivity contribution in [1.29, 1.82) is 0 Å². The molecule has 2 atom stereocenters. The van der Waals surface area contributed by atoms with Crippen molar-refractivity contribution in [3.05, 3.63) is 0 Å². The van der Waals surface area contributed by atoms with Gasteiger partial charge in [0.1, 0.15) is 0 Å². The predicted octanol–water partition coefficient (Wildman–Crippen LogP) is 1.30. The molecule has 0 spiro atoms. The molecular formula is C10H23NO6S2. The van der Waals surface area contributed by atoms with Crippen molar-refractivity contribution in [3.8, 4) is 0 Å². The fourth-order valence-corrected chi connectivity index (χ4v) is 4.05. The maximum atomic E-state index is 11.5. The molecule has 3 N–H and O–H groups in total. The predicted molar refractivity (Wildman–Crippen MR) is 72.0 cm³/mol. The molecule has 0 aromatic carbocycles. The summed E-state index contributed by atoms with van der Waals surface area (Å²) in [6.07, 6.45) is 2.11. The number of hydrogen-bond donors (Lipinski definition) is 3. The van der Waals surface area contributed by atoms with Crippen LogP contribution >= 0.6 is 0 Å². The lowest BCUT2D eigenvalue weighted by Gasteiger charge is -2.17. The summed E-state index contributed by atoms with van der Waals surface area (Å²) >= 11 is 0. The largest absolute Gasteiger partial charge is 0.302 e. The Morgan fingerprint density at radius 1 is 1.00 bits per heavy atom. The zero-order valence-electron chi connectivity index (χ0n) is 11.2. The van der Waals surface area contributed by atoms with E-state index in [2.05, 4.69) is 0 Å². The van der Waals surface area contributed by atoms with Crippen LogP contribution in [-0.2, 0) is 20.1 Å². The van der Waals surface area contributed by atoms with Crippen molar-refractivity contribution in [2.75, 3.05) is 0 Å². The lowest BCUT2D eigenvalue weighted by Crippen LogP contribution is -2.32. The molecule has 0 aliphatic rings. The van der Waals surface area contributed by atoms with E-state index >= 15 is 0 Å². The maximum Gasteiger partial charge on any atom is 0.267 e. The summed E-state index contributed by atoms with van der Waals surface area (Å²) in [6.45, 7) is 3.47. The summed E-state index contributed by atoms with van der Waals surface area (Å²) in [7, 11) is -7.85. The third-order valence-electron chi connectivity index (χ3n) is 3.11. The van der Waals surface area contributed by atoms with Gasteiger partial charge in [0.25, 0.3) is 10.1 Å². The normalized spacial score (nSPS) is 16.2. The first-order valence-electron chi connectivity index (χ1n) is 6.30. The summed E-state index contributed by atoms with van der Waals surface area (Å²) in [5, 5.41) is 6.99. The van der Waals surface area contributed by atoms with Crippen LogP contribution in [0, 0.1) is 0 Å². The quantitative estimate of drug-likeness (QED) is 0.412. The van der Waals surface area contributed by atoms with Crippen LogP contribution in [0.4, 0.5) is 0 Å². The van der Waals surface area contributed by atoms with E-state index in [1.54, 1.807) is 6.92 Å². The lowest BCUT2D eigenvalue weighted by molar-refractivity contribution is 0.240. The molecule has 0 saturated heterocycles. The Labute approximate surface area is 115 Å². The highest BCUT2D eigenvalue weighted by Crippen LogP contribution is 2.18. The van der Waals surface area contributed by atoms with Gasteiger partial charge in [-0.3, -0.25) is 4.55 Å². The van der Waals surface area contributed by atoms with E-state index in [1.807, 2.05) is 6.92 Å². The van der Waals surface area contributed by atoms with Crippen LogP contribution < -0.4 is 4.89 Å². The second-order valence-corrected chi connectivity index (χ2v) is 8.16. The van der Waals surface area contributed by atoms with Crippen molar-refractivity contribution in [2.45, 2.75) is 62.9 Å². The summed E-state index contributed by atoms with van der Waals surface area (Å²) in [5.74, 6) is 0. The maximum absolute atomic E-state index is 11.5. The molecule has 0 saturated carbocycles. The Balaban J connectivity index is 4.51. The Morgan fingerprint density at radius 3 is 1.89 bits per heavy atom. The first-order chi connectivity index (χ1) is 8.69. The molecule has 19 heavy (non-hydrogen) atoms. The van der Waals surface area contributed by atoms with Crippen LogP contribution in [0.15, 0.2) is 0 Å². The minimum Gasteiger partial charge on any atom is -0.302 e. The van der Waals surface area contributed by atoms with E-state index in [-0.39, 0.29) is 19.3 Å². The van der Waals surface area contributed by atoms with Gasteiger partial charge >= 0.3 is 0 Å². The van der Waals surface area contributed by atoms with Crippen LogP contribution in [0.1, 0.15) is 52.4 Å². The Hall–Kier alpha value is -0.220. The molecule has 9 heteroatoms.